The summed E-state index contributed by atoms with van der Waals surface area (Å²) in [5.74, 6) is 0.149. The van der Waals surface area contributed by atoms with E-state index in [1.807, 2.05) is 12.1 Å². The van der Waals surface area contributed by atoms with Crippen LogP contribution in [-0.4, -0.2) is 18.6 Å². The molecule has 1 fully saturated rings. The molecule has 0 aromatic heterocycles. The second kappa shape index (κ2) is 5.64. The fourth-order valence-electron chi connectivity index (χ4n) is 3.05. The Hall–Kier alpha value is -1.51. The van der Waals surface area contributed by atoms with Gasteiger partial charge in [0, 0.05) is 5.69 Å². The van der Waals surface area contributed by atoms with Gasteiger partial charge in [0.25, 0.3) is 0 Å². The molecule has 19 heavy (non-hydrogen) atoms. The predicted molar refractivity (Wildman–Crippen MR) is 77.2 cm³/mol. The molecule has 0 bridgehead atoms. The number of hydrogen-bond acceptors (Lipinski definition) is 3. The Bertz CT molecular complexity index is 458. The van der Waals surface area contributed by atoms with Gasteiger partial charge in [-0.05, 0) is 43.4 Å². The summed E-state index contributed by atoms with van der Waals surface area (Å²) < 4.78 is 5.06. The van der Waals surface area contributed by atoms with Crippen molar-refractivity contribution in [1.82, 2.24) is 0 Å². The molecule has 0 radical (unpaired) electrons. The van der Waals surface area contributed by atoms with Crippen molar-refractivity contribution in [1.29, 1.82) is 0 Å². The number of ether oxygens (including phenoxy) is 1. The molecule has 1 aliphatic rings. The van der Waals surface area contributed by atoms with E-state index in [-0.39, 0.29) is 11.9 Å². The van der Waals surface area contributed by atoms with E-state index in [0.29, 0.717) is 0 Å². The van der Waals surface area contributed by atoms with Crippen molar-refractivity contribution < 1.29 is 9.53 Å². The van der Waals surface area contributed by atoms with E-state index >= 15 is 0 Å². The Balaban J connectivity index is 2.30. The lowest BCUT2D eigenvalue weighted by molar-refractivity contribution is -0.149. The van der Waals surface area contributed by atoms with Crippen LogP contribution < -0.4 is 5.32 Å². The minimum atomic E-state index is -0.569. The normalized spacial score (nSPS) is 26.8. The minimum absolute atomic E-state index is 0.138. The van der Waals surface area contributed by atoms with Crippen molar-refractivity contribution in [3.8, 4) is 0 Å². The number of anilines is 1. The molecule has 3 heteroatoms. The van der Waals surface area contributed by atoms with Gasteiger partial charge in [0.15, 0.2) is 0 Å². The summed E-state index contributed by atoms with van der Waals surface area (Å²) in [7, 11) is 1.48. The lowest BCUT2D eigenvalue weighted by Crippen LogP contribution is -2.54. The van der Waals surface area contributed by atoms with Crippen LogP contribution in [0.1, 0.15) is 38.2 Å². The Morgan fingerprint density at radius 3 is 2.84 bits per heavy atom. The summed E-state index contributed by atoms with van der Waals surface area (Å²) >= 11 is 0. The molecule has 0 aliphatic heterocycles. The van der Waals surface area contributed by atoms with E-state index in [0.717, 1.165) is 24.9 Å². The highest BCUT2D eigenvalue weighted by Crippen LogP contribution is 2.37. The third kappa shape index (κ3) is 2.75. The highest BCUT2D eigenvalue weighted by atomic mass is 16.5. The van der Waals surface area contributed by atoms with Crippen molar-refractivity contribution in [3.05, 3.63) is 29.8 Å². The van der Waals surface area contributed by atoms with Gasteiger partial charge in [0.05, 0.1) is 7.11 Å². The summed E-state index contributed by atoms with van der Waals surface area (Å²) in [6.07, 6.45) is 4.16. The number of esters is 1. The molecule has 0 amide bonds. The van der Waals surface area contributed by atoms with E-state index < -0.39 is 5.54 Å². The quantitative estimate of drug-likeness (QED) is 0.846. The van der Waals surface area contributed by atoms with E-state index in [1.54, 1.807) is 0 Å². The van der Waals surface area contributed by atoms with Crippen LogP contribution in [0.25, 0.3) is 0 Å². The van der Waals surface area contributed by atoms with Crippen molar-refractivity contribution in [3.63, 3.8) is 0 Å². The number of carbonyl (C=O) groups is 1. The maximum Gasteiger partial charge on any atom is 0.331 e. The van der Waals surface area contributed by atoms with Crippen molar-refractivity contribution in [2.75, 3.05) is 12.4 Å². The first-order valence-corrected chi connectivity index (χ1v) is 7.02. The van der Waals surface area contributed by atoms with Gasteiger partial charge in [-0.15, -0.1) is 0 Å². The lowest BCUT2D eigenvalue weighted by atomic mass is 9.73. The monoisotopic (exact) mass is 261 g/mol. The van der Waals surface area contributed by atoms with Crippen LogP contribution in [0.5, 0.6) is 0 Å². The molecule has 0 saturated heterocycles. The first kappa shape index (κ1) is 13.9. The number of carbonyl (C=O) groups excluding carboxylic acids is 1. The highest BCUT2D eigenvalue weighted by molar-refractivity contribution is 5.85. The molecule has 3 nitrogen and oxygen atoms in total. The molecule has 0 spiro atoms. The molecule has 104 valence electrons. The van der Waals surface area contributed by atoms with Gasteiger partial charge in [-0.25, -0.2) is 4.79 Å². The van der Waals surface area contributed by atoms with Crippen LogP contribution in [0.2, 0.25) is 0 Å². The van der Waals surface area contributed by atoms with Gasteiger partial charge in [0.2, 0.25) is 0 Å². The summed E-state index contributed by atoms with van der Waals surface area (Å²) in [6.45, 7) is 4.19. The second-order valence-electron chi connectivity index (χ2n) is 5.60. The lowest BCUT2D eigenvalue weighted by Gasteiger charge is -2.41. The first-order valence-electron chi connectivity index (χ1n) is 7.02. The predicted octanol–water partition coefficient (Wildman–Crippen LogP) is 3.53. The van der Waals surface area contributed by atoms with E-state index in [1.165, 1.54) is 19.1 Å². The zero-order valence-electron chi connectivity index (χ0n) is 12.0. The molecule has 1 N–H and O–H groups in total. The molecule has 0 heterocycles. The van der Waals surface area contributed by atoms with E-state index in [4.69, 9.17) is 4.74 Å². The second-order valence-corrected chi connectivity index (χ2v) is 5.60. The topological polar surface area (TPSA) is 38.3 Å². The van der Waals surface area contributed by atoms with Gasteiger partial charge >= 0.3 is 5.97 Å². The molecular weight excluding hydrogens is 238 g/mol. The van der Waals surface area contributed by atoms with Crippen LogP contribution >= 0.6 is 0 Å². The van der Waals surface area contributed by atoms with Crippen LogP contribution in [0, 0.1) is 12.8 Å². The SMILES string of the molecule is COC(=O)C1(Nc2cccc(C)c2)CCCCC1C. The Labute approximate surface area is 115 Å². The molecule has 1 aromatic carbocycles. The molecule has 1 aliphatic carbocycles. The Morgan fingerprint density at radius 2 is 2.21 bits per heavy atom. The van der Waals surface area contributed by atoms with Gasteiger partial charge < -0.3 is 10.1 Å². The van der Waals surface area contributed by atoms with Crippen molar-refractivity contribution in [2.45, 2.75) is 45.1 Å². The molecule has 2 unspecified atom stereocenters. The molecule has 2 rings (SSSR count). The van der Waals surface area contributed by atoms with Crippen molar-refractivity contribution >= 4 is 11.7 Å². The molecular formula is C16H23NO2. The number of nitrogens with one attached hydrogen (secondary N) is 1. The minimum Gasteiger partial charge on any atom is -0.467 e. The summed E-state index contributed by atoms with van der Waals surface area (Å²) in [6, 6.07) is 8.15. The summed E-state index contributed by atoms with van der Waals surface area (Å²) in [5, 5.41) is 3.46. The zero-order valence-corrected chi connectivity index (χ0v) is 12.0. The fraction of sp³-hybridized carbons (Fsp3) is 0.562. The molecule has 1 aromatic rings. The van der Waals surface area contributed by atoms with Crippen molar-refractivity contribution in [2.24, 2.45) is 5.92 Å². The maximum absolute atomic E-state index is 12.3. The van der Waals surface area contributed by atoms with Crippen LogP contribution in [-0.2, 0) is 9.53 Å². The highest BCUT2D eigenvalue weighted by Gasteiger charge is 2.45. The maximum atomic E-state index is 12.3. The third-order valence-electron chi connectivity index (χ3n) is 4.23. The van der Waals surface area contributed by atoms with E-state index in [9.17, 15) is 4.79 Å². The smallest absolute Gasteiger partial charge is 0.331 e. The summed E-state index contributed by atoms with van der Waals surface area (Å²) in [5.41, 5.74) is 1.62. The third-order valence-corrected chi connectivity index (χ3v) is 4.23. The number of methoxy groups -OCH3 is 1. The number of benzene rings is 1. The van der Waals surface area contributed by atoms with Crippen LogP contribution in [0.15, 0.2) is 24.3 Å². The molecule has 1 saturated carbocycles. The average Bonchev–Trinajstić information content (AvgIpc) is 2.40. The largest absolute Gasteiger partial charge is 0.467 e. The van der Waals surface area contributed by atoms with Gasteiger partial charge in [0.1, 0.15) is 5.54 Å². The van der Waals surface area contributed by atoms with Gasteiger partial charge in [-0.2, -0.15) is 0 Å². The fourth-order valence-corrected chi connectivity index (χ4v) is 3.05. The summed E-state index contributed by atoms with van der Waals surface area (Å²) in [4.78, 5) is 12.3. The Kier molecular flexibility index (Phi) is 4.13. The Morgan fingerprint density at radius 1 is 1.42 bits per heavy atom. The average molecular weight is 261 g/mol. The number of rotatable bonds is 3. The van der Waals surface area contributed by atoms with Gasteiger partial charge in [-0.3, -0.25) is 0 Å². The number of hydrogen-bond donors (Lipinski definition) is 1. The first-order chi connectivity index (χ1) is 9.08. The number of aryl methyl sites for hydroxylation is 1. The van der Waals surface area contributed by atoms with Crippen LogP contribution in [0.4, 0.5) is 5.69 Å². The molecule has 2 atom stereocenters. The standard InChI is InChI=1S/C16H23NO2/c1-12-7-6-9-14(11-12)17-16(15(18)19-3)10-5-4-8-13(16)2/h6-7,9,11,13,17H,4-5,8,10H2,1-3H3. The van der Waals surface area contributed by atoms with Crippen LogP contribution in [0.3, 0.4) is 0 Å². The van der Waals surface area contributed by atoms with Gasteiger partial charge in [-0.1, -0.05) is 31.9 Å². The van der Waals surface area contributed by atoms with E-state index in [2.05, 4.69) is 31.3 Å². The zero-order chi connectivity index (χ0) is 13.9.